The normalized spacial score (nSPS) is 8.60. The van der Waals surface area contributed by atoms with E-state index < -0.39 is 58.8 Å². The summed E-state index contributed by atoms with van der Waals surface area (Å²) in [5.41, 5.74) is 0. The minimum absolute atomic E-state index is 0.358. The average molecular weight is 351 g/mol. The topological polar surface area (TPSA) is 74.6 Å². The third-order valence-electron chi connectivity index (χ3n) is 1.70. The Morgan fingerprint density at radius 1 is 1.33 bits per heavy atom. The van der Waals surface area contributed by atoms with E-state index in [0.29, 0.717) is 6.42 Å². The van der Waals surface area contributed by atoms with E-state index in [-0.39, 0.29) is 0 Å². The van der Waals surface area contributed by atoms with E-state index >= 15 is 0 Å². The van der Waals surface area contributed by atoms with Gasteiger partial charge in [0.1, 0.15) is 0 Å². The van der Waals surface area contributed by atoms with E-state index in [1.54, 1.807) is 0 Å². The summed E-state index contributed by atoms with van der Waals surface area (Å²) in [5.74, 6) is -0.661. The first-order chi connectivity index (χ1) is 7.20. The molecule has 4 nitrogen and oxygen atoms in total. The molecule has 0 aliphatic heterocycles. The first-order valence-corrected chi connectivity index (χ1v) is 10.6. The van der Waals surface area contributed by atoms with Gasteiger partial charge in [-0.15, -0.1) is 0 Å². The van der Waals surface area contributed by atoms with Crippen molar-refractivity contribution >= 4 is 58.9 Å². The Bertz CT molecular complexity index is 291. The van der Waals surface area contributed by atoms with Crippen molar-refractivity contribution in [1.82, 2.24) is 0 Å². The predicted octanol–water partition coefficient (Wildman–Crippen LogP) is 1.09. The van der Waals surface area contributed by atoms with E-state index in [9.17, 15) is 4.79 Å². The second-order valence-electron chi connectivity index (χ2n) is 2.81. The van der Waals surface area contributed by atoms with Crippen molar-refractivity contribution in [2.75, 3.05) is 0 Å². The van der Waals surface area contributed by atoms with Crippen molar-refractivity contribution in [3.63, 3.8) is 0 Å². The van der Waals surface area contributed by atoms with Crippen molar-refractivity contribution in [2.24, 2.45) is 0 Å². The summed E-state index contributed by atoms with van der Waals surface area (Å²) in [5, 5.41) is 8.43. The summed E-state index contributed by atoms with van der Waals surface area (Å²) in [4.78, 5) is 17.2. The fourth-order valence-corrected chi connectivity index (χ4v) is 5.78. The maximum Gasteiger partial charge on any atom is 0.324 e. The summed E-state index contributed by atoms with van der Waals surface area (Å²) in [7, 11) is -0.833. The van der Waals surface area contributed by atoms with Crippen LogP contribution in [-0.4, -0.2) is 60.2 Å². The van der Waals surface area contributed by atoms with Gasteiger partial charge in [0, 0.05) is 0 Å². The van der Waals surface area contributed by atoms with Crippen LogP contribution in [0.25, 0.3) is 0 Å². The molecule has 0 saturated carbocycles. The van der Waals surface area contributed by atoms with Gasteiger partial charge in [0.2, 0.25) is 0 Å². The third-order valence-corrected chi connectivity index (χ3v) is 7.21. The smallest absolute Gasteiger partial charge is 0.310 e. The molecular formula is C9H11BaO4P. The molecule has 0 saturated heterocycles. The van der Waals surface area contributed by atoms with Gasteiger partial charge in [0.05, 0.1) is 0 Å². The number of benzene rings is 1. The molecule has 1 aromatic carbocycles. The van der Waals surface area contributed by atoms with Crippen molar-refractivity contribution in [1.29, 1.82) is 0 Å². The molecule has 0 amide bonds. The molecule has 0 heterocycles. The minimum Gasteiger partial charge on any atom is -0.310 e. The van der Waals surface area contributed by atoms with Crippen LogP contribution in [0.2, 0.25) is 0.889 Å². The van der Waals surface area contributed by atoms with Gasteiger partial charge < -0.3 is 4.89 Å². The maximum atomic E-state index is 10.2. The zero-order valence-corrected chi connectivity index (χ0v) is 13.5. The molecule has 0 atom stereocenters. The van der Waals surface area contributed by atoms with Gasteiger partial charge in [-0.3, -0.25) is 0 Å². The Balaban J connectivity index is 0.000000583. The number of carbonyl (C=O) groups is 1. The summed E-state index contributed by atoms with van der Waals surface area (Å²) < 4.78 is 10.8. The van der Waals surface area contributed by atoms with Crippen LogP contribution in [0.15, 0.2) is 30.3 Å². The summed E-state index contributed by atoms with van der Waals surface area (Å²) in [6.45, 7) is 0. The Hall–Kier alpha value is 0.321. The zero-order valence-electron chi connectivity index (χ0n) is 8.17. The van der Waals surface area contributed by atoms with Crippen molar-refractivity contribution < 1.29 is 19.4 Å². The molecule has 0 fully saturated rings. The summed E-state index contributed by atoms with van der Waals surface area (Å²) >= 11 is -1.05. The average Bonchev–Trinajstić information content (AvgIpc) is 2.20. The fourth-order valence-electron chi connectivity index (χ4n) is 1.09. The van der Waals surface area contributed by atoms with Gasteiger partial charge in [-0.05, 0) is 0 Å². The molecule has 0 aromatic heterocycles. The van der Waals surface area contributed by atoms with Gasteiger partial charge in [-0.2, -0.15) is 0 Å². The van der Waals surface area contributed by atoms with E-state index in [1.165, 1.54) is 0.0314 Å². The number of hydrogen-bond acceptors (Lipinski definition) is 2. The Morgan fingerprint density at radius 3 is 2.33 bits per heavy atom. The molecule has 0 bridgehead atoms. The molecule has 2 N–H and O–H groups in total. The van der Waals surface area contributed by atoms with Gasteiger partial charge in [0.15, 0.2) is 0 Å². The minimum atomic E-state index is -1.05. The van der Waals surface area contributed by atoms with Crippen LogP contribution in [0, 0.1) is 0 Å². The van der Waals surface area contributed by atoms with Crippen LogP contribution >= 0.6 is 8.69 Å². The van der Waals surface area contributed by atoms with Crippen LogP contribution in [0.5, 0.6) is 0 Å². The molecular weight excluding hydrogens is 340 g/mol. The standard InChI is InChI=1S/C6H5.C3H5O2.Ba.HO2P/c1-2-4-6-5-3-1;1-2-3(4)5;;1-3-2/h1-5H;1-2H2,(H,4,5);;(H,1,2). The van der Waals surface area contributed by atoms with Crippen LogP contribution in [0.3, 0.4) is 0 Å². The Labute approximate surface area is 114 Å². The van der Waals surface area contributed by atoms with Gasteiger partial charge in [0.25, 0.3) is 0 Å². The molecule has 0 radical (unpaired) electrons. The number of carboxylic acid groups (broad SMARTS) is 1. The number of hydrogen-bond donors (Lipinski definition) is 2. The van der Waals surface area contributed by atoms with Crippen LogP contribution in [-0.2, 0) is 9.36 Å². The number of aliphatic carboxylic acids is 1. The predicted molar refractivity (Wildman–Crippen MR) is 58.7 cm³/mol. The van der Waals surface area contributed by atoms with Crippen molar-refractivity contribution in [3.8, 4) is 0 Å². The zero-order chi connectivity index (χ0) is 11.5. The molecule has 1 aromatic rings. The monoisotopic (exact) mass is 352 g/mol. The van der Waals surface area contributed by atoms with E-state index in [1.807, 2.05) is 18.2 Å². The second kappa shape index (κ2) is 10.8. The second-order valence-corrected chi connectivity index (χ2v) is 9.33. The van der Waals surface area contributed by atoms with E-state index in [2.05, 4.69) is 12.1 Å². The molecule has 15 heavy (non-hydrogen) atoms. The number of rotatable bonds is 4. The molecule has 78 valence electrons. The summed E-state index contributed by atoms with van der Waals surface area (Å²) in [6.07, 6.45) is 0.358. The van der Waals surface area contributed by atoms with E-state index in [0.717, 1.165) is 0.889 Å². The fraction of sp³-hybridized carbons (Fsp3) is 0.222. The first-order valence-electron chi connectivity index (χ1n) is 4.43. The van der Waals surface area contributed by atoms with Crippen molar-refractivity contribution in [3.05, 3.63) is 30.3 Å². The molecule has 1 rings (SSSR count). The number of carboxylic acids is 1. The SMILES string of the molecule is O=C(O)C[CH2][Ba][c]1ccccc1.O=PO. The Kier molecular flexibility index (Phi) is 11.1. The van der Waals surface area contributed by atoms with Gasteiger partial charge in [-0.25, -0.2) is 4.57 Å². The molecule has 0 spiro atoms. The first kappa shape index (κ1) is 15.3. The maximum absolute atomic E-state index is 10.2. The van der Waals surface area contributed by atoms with Crippen LogP contribution in [0.4, 0.5) is 0 Å². The van der Waals surface area contributed by atoms with Gasteiger partial charge >= 0.3 is 106 Å². The molecule has 0 unspecified atom stereocenters. The molecule has 6 heteroatoms. The van der Waals surface area contributed by atoms with Crippen molar-refractivity contribution in [2.45, 2.75) is 7.31 Å². The Morgan fingerprint density at radius 2 is 1.87 bits per heavy atom. The third kappa shape index (κ3) is 10.6. The quantitative estimate of drug-likeness (QED) is 0.629. The van der Waals surface area contributed by atoms with Crippen LogP contribution in [0.1, 0.15) is 6.42 Å². The molecule has 0 aliphatic rings. The molecule has 0 aliphatic carbocycles. The van der Waals surface area contributed by atoms with Crippen LogP contribution < -0.4 is 0.0314 Å². The van der Waals surface area contributed by atoms with Gasteiger partial charge in [-0.1, -0.05) is 0 Å². The van der Waals surface area contributed by atoms with E-state index in [4.69, 9.17) is 14.6 Å². The summed E-state index contributed by atoms with van der Waals surface area (Å²) in [6, 6.07) is 10.3. The largest absolute Gasteiger partial charge is 0.324 e.